The molecule has 0 fully saturated rings. The summed E-state index contributed by atoms with van der Waals surface area (Å²) < 4.78 is 12.4. The number of hydrogen-bond donors (Lipinski definition) is 1. The predicted molar refractivity (Wildman–Crippen MR) is 120 cm³/mol. The van der Waals surface area contributed by atoms with Crippen molar-refractivity contribution < 1.29 is 24.0 Å². The number of ether oxygens (including phenoxy) is 2. The van der Waals surface area contributed by atoms with Gasteiger partial charge in [-0.15, -0.1) is 0 Å². The van der Waals surface area contributed by atoms with E-state index in [9.17, 15) is 19.7 Å². The number of esters is 1. The molecule has 0 atom stereocenters. The van der Waals surface area contributed by atoms with Gasteiger partial charge in [0.25, 0.3) is 11.6 Å². The standard InChI is InChI=1S/C23H24N4O6/c1-4-26-13-20(21(25-26)23(29)33-15(2)3)24-22(28)17-7-5-6-16(12-17)14-32-19-10-8-18(9-11-19)27(30)31/h5-13,15H,4,14H2,1-3H3,(H,24,28). The lowest BCUT2D eigenvalue weighted by atomic mass is 10.1. The minimum absolute atomic E-state index is 0.0240. The van der Waals surface area contributed by atoms with Crippen LogP contribution in [-0.2, 0) is 17.9 Å². The zero-order valence-corrected chi connectivity index (χ0v) is 18.5. The van der Waals surface area contributed by atoms with Crippen LogP contribution in [0.1, 0.15) is 47.2 Å². The maximum absolute atomic E-state index is 12.8. The summed E-state index contributed by atoms with van der Waals surface area (Å²) in [4.78, 5) is 35.4. The van der Waals surface area contributed by atoms with Gasteiger partial charge < -0.3 is 14.8 Å². The summed E-state index contributed by atoms with van der Waals surface area (Å²) in [6.07, 6.45) is 1.26. The Morgan fingerprint density at radius 2 is 1.91 bits per heavy atom. The molecule has 10 heteroatoms. The number of anilines is 1. The molecule has 0 unspecified atom stereocenters. The van der Waals surface area contributed by atoms with Crippen molar-refractivity contribution >= 4 is 23.3 Å². The number of non-ortho nitro benzene ring substituents is 1. The second-order valence-corrected chi connectivity index (χ2v) is 7.40. The summed E-state index contributed by atoms with van der Waals surface area (Å²) in [6, 6.07) is 12.6. The van der Waals surface area contributed by atoms with E-state index in [0.717, 1.165) is 5.56 Å². The van der Waals surface area contributed by atoms with Crippen LogP contribution in [0.5, 0.6) is 5.75 Å². The molecule has 0 aliphatic heterocycles. The summed E-state index contributed by atoms with van der Waals surface area (Å²) in [5, 5.41) is 17.7. The number of nitro groups is 1. The van der Waals surface area contributed by atoms with Gasteiger partial charge in [-0.05, 0) is 50.6 Å². The number of benzene rings is 2. The van der Waals surface area contributed by atoms with Crippen LogP contribution in [0.3, 0.4) is 0 Å². The van der Waals surface area contributed by atoms with Gasteiger partial charge in [0.1, 0.15) is 12.4 Å². The third-order valence-corrected chi connectivity index (χ3v) is 4.51. The van der Waals surface area contributed by atoms with E-state index < -0.39 is 16.8 Å². The van der Waals surface area contributed by atoms with Crippen LogP contribution >= 0.6 is 0 Å². The van der Waals surface area contributed by atoms with Crippen molar-refractivity contribution in [1.29, 1.82) is 0 Å². The maximum atomic E-state index is 12.8. The molecule has 3 rings (SSSR count). The molecular formula is C23H24N4O6. The normalized spacial score (nSPS) is 10.7. The summed E-state index contributed by atoms with van der Waals surface area (Å²) in [7, 11) is 0. The molecule has 0 aliphatic carbocycles. The fourth-order valence-corrected chi connectivity index (χ4v) is 2.92. The highest BCUT2D eigenvalue weighted by molar-refractivity contribution is 6.07. The topological polar surface area (TPSA) is 126 Å². The molecule has 0 radical (unpaired) electrons. The van der Waals surface area contributed by atoms with Crippen molar-refractivity contribution in [3.05, 3.63) is 81.7 Å². The van der Waals surface area contributed by atoms with Crippen molar-refractivity contribution in [1.82, 2.24) is 9.78 Å². The molecule has 0 saturated heterocycles. The summed E-state index contributed by atoms with van der Waals surface area (Å²) in [5.41, 5.74) is 1.37. The lowest BCUT2D eigenvalue weighted by molar-refractivity contribution is -0.384. The number of hydrogen-bond acceptors (Lipinski definition) is 7. The summed E-state index contributed by atoms with van der Waals surface area (Å²) in [5.74, 6) is -0.560. The Kier molecular flexibility index (Phi) is 7.39. The SMILES string of the molecule is CCn1cc(NC(=O)c2cccc(COc3ccc([N+](=O)[O-])cc3)c2)c(C(=O)OC(C)C)n1. The Morgan fingerprint density at radius 1 is 1.18 bits per heavy atom. The van der Waals surface area contributed by atoms with Crippen LogP contribution in [0.2, 0.25) is 0 Å². The Balaban J connectivity index is 1.70. The second kappa shape index (κ2) is 10.4. The lowest BCUT2D eigenvalue weighted by Gasteiger charge is -2.09. The number of carbonyl (C=O) groups is 2. The largest absolute Gasteiger partial charge is 0.489 e. The van der Waals surface area contributed by atoms with Crippen molar-refractivity contribution in [3.63, 3.8) is 0 Å². The van der Waals surface area contributed by atoms with Gasteiger partial charge in [0.05, 0.1) is 16.7 Å². The van der Waals surface area contributed by atoms with E-state index in [4.69, 9.17) is 9.47 Å². The fraction of sp³-hybridized carbons (Fsp3) is 0.261. The summed E-state index contributed by atoms with van der Waals surface area (Å²) >= 11 is 0. The third kappa shape index (κ3) is 6.16. The number of nitrogens with one attached hydrogen (secondary N) is 1. The first-order valence-electron chi connectivity index (χ1n) is 10.3. The maximum Gasteiger partial charge on any atom is 0.361 e. The van der Waals surface area contributed by atoms with E-state index in [-0.39, 0.29) is 29.8 Å². The van der Waals surface area contributed by atoms with Crippen LogP contribution in [0.15, 0.2) is 54.7 Å². The van der Waals surface area contributed by atoms with Crippen LogP contribution in [0.25, 0.3) is 0 Å². The predicted octanol–water partition coefficient (Wildman–Crippen LogP) is 4.21. The molecule has 33 heavy (non-hydrogen) atoms. The highest BCUT2D eigenvalue weighted by atomic mass is 16.6. The Morgan fingerprint density at radius 3 is 2.55 bits per heavy atom. The molecule has 0 spiro atoms. The zero-order chi connectivity index (χ0) is 24.0. The number of aryl methyl sites for hydroxylation is 1. The van der Waals surface area contributed by atoms with Gasteiger partial charge in [-0.3, -0.25) is 19.6 Å². The van der Waals surface area contributed by atoms with E-state index in [1.54, 1.807) is 49.0 Å². The van der Waals surface area contributed by atoms with E-state index in [0.29, 0.717) is 17.9 Å². The van der Waals surface area contributed by atoms with Crippen LogP contribution in [-0.4, -0.2) is 32.7 Å². The smallest absolute Gasteiger partial charge is 0.361 e. The molecule has 0 saturated carbocycles. The number of nitro benzene ring substituents is 1. The highest BCUT2D eigenvalue weighted by Crippen LogP contribution is 2.20. The number of carbonyl (C=O) groups excluding carboxylic acids is 2. The van der Waals surface area contributed by atoms with E-state index in [1.807, 2.05) is 6.92 Å². The van der Waals surface area contributed by atoms with Gasteiger partial charge in [0, 0.05) is 30.4 Å². The molecule has 0 aliphatic rings. The van der Waals surface area contributed by atoms with Crippen LogP contribution in [0, 0.1) is 10.1 Å². The van der Waals surface area contributed by atoms with Crippen molar-refractivity contribution in [2.75, 3.05) is 5.32 Å². The van der Waals surface area contributed by atoms with Gasteiger partial charge >= 0.3 is 5.97 Å². The molecule has 1 aromatic heterocycles. The van der Waals surface area contributed by atoms with E-state index >= 15 is 0 Å². The Hall–Kier alpha value is -4.21. The van der Waals surface area contributed by atoms with Crippen molar-refractivity contribution in [2.45, 2.75) is 40.0 Å². The van der Waals surface area contributed by atoms with E-state index in [1.165, 1.54) is 24.3 Å². The van der Waals surface area contributed by atoms with Gasteiger partial charge in [-0.1, -0.05) is 12.1 Å². The van der Waals surface area contributed by atoms with Crippen LogP contribution < -0.4 is 10.1 Å². The zero-order valence-electron chi connectivity index (χ0n) is 18.5. The van der Waals surface area contributed by atoms with Gasteiger partial charge in [0.2, 0.25) is 0 Å². The molecule has 2 aromatic carbocycles. The molecule has 1 amide bonds. The second-order valence-electron chi connectivity index (χ2n) is 7.40. The van der Waals surface area contributed by atoms with Gasteiger partial charge in [0.15, 0.2) is 5.69 Å². The average Bonchev–Trinajstić information content (AvgIpc) is 3.20. The average molecular weight is 452 g/mol. The van der Waals surface area contributed by atoms with Crippen LogP contribution in [0.4, 0.5) is 11.4 Å². The van der Waals surface area contributed by atoms with Crippen molar-refractivity contribution in [3.8, 4) is 5.75 Å². The molecule has 0 bridgehead atoms. The van der Waals surface area contributed by atoms with Crippen molar-refractivity contribution in [2.24, 2.45) is 0 Å². The Bertz CT molecular complexity index is 1150. The monoisotopic (exact) mass is 452 g/mol. The first-order chi connectivity index (χ1) is 15.8. The number of aromatic nitrogens is 2. The number of nitrogens with zero attached hydrogens (tertiary/aromatic N) is 3. The van der Waals surface area contributed by atoms with Gasteiger partial charge in [-0.25, -0.2) is 4.79 Å². The minimum atomic E-state index is -0.613. The third-order valence-electron chi connectivity index (χ3n) is 4.51. The number of rotatable bonds is 9. The first-order valence-corrected chi connectivity index (χ1v) is 10.3. The first kappa shape index (κ1) is 23.5. The molecular weight excluding hydrogens is 428 g/mol. The molecule has 1 N–H and O–H groups in total. The number of amides is 1. The quantitative estimate of drug-likeness (QED) is 0.293. The molecule has 1 heterocycles. The molecule has 10 nitrogen and oxygen atoms in total. The van der Waals surface area contributed by atoms with E-state index in [2.05, 4.69) is 10.4 Å². The Labute approximate surface area is 190 Å². The van der Waals surface area contributed by atoms with Gasteiger partial charge in [-0.2, -0.15) is 5.10 Å². The fourth-order valence-electron chi connectivity index (χ4n) is 2.92. The lowest BCUT2D eigenvalue weighted by Crippen LogP contribution is -2.17. The summed E-state index contributed by atoms with van der Waals surface area (Å²) in [6.45, 7) is 6.02. The molecule has 3 aromatic rings. The minimum Gasteiger partial charge on any atom is -0.489 e. The highest BCUT2D eigenvalue weighted by Gasteiger charge is 2.21. The molecule has 172 valence electrons.